The summed E-state index contributed by atoms with van der Waals surface area (Å²) in [6.45, 7) is 14.6. The number of piperazine rings is 1. The van der Waals surface area contributed by atoms with Crippen LogP contribution in [0.4, 0.5) is 37.6 Å². The van der Waals surface area contributed by atoms with Crippen molar-refractivity contribution in [1.82, 2.24) is 30.1 Å². The molecule has 18 heteroatoms. The first-order valence-electron chi connectivity index (χ1n) is 23.1. The maximum absolute atomic E-state index is 14.9. The highest BCUT2D eigenvalue weighted by Crippen LogP contribution is 2.43. The molecule has 3 aliphatic heterocycles. The van der Waals surface area contributed by atoms with E-state index in [9.17, 15) is 22.9 Å². The van der Waals surface area contributed by atoms with E-state index >= 15 is 0 Å². The summed E-state index contributed by atoms with van der Waals surface area (Å²) in [6, 6.07) is 14.8. The van der Waals surface area contributed by atoms with Crippen molar-refractivity contribution in [3.05, 3.63) is 87.7 Å². The number of carbonyl (C=O) groups is 2. The fourth-order valence-electron chi connectivity index (χ4n) is 9.58. The molecule has 0 bridgehead atoms. The van der Waals surface area contributed by atoms with Crippen LogP contribution < -0.4 is 35.6 Å². The number of piperidine rings is 2. The molecule has 5 heterocycles. The van der Waals surface area contributed by atoms with Crippen LogP contribution in [-0.2, 0) is 27.0 Å². The Bertz CT molecular complexity index is 2670. The van der Waals surface area contributed by atoms with Gasteiger partial charge >= 0.3 is 0 Å². The van der Waals surface area contributed by atoms with Gasteiger partial charge in [0.1, 0.15) is 36.1 Å². The second kappa shape index (κ2) is 21.0. The fourth-order valence-corrected chi connectivity index (χ4v) is 11.3. The van der Waals surface area contributed by atoms with Gasteiger partial charge in [-0.15, -0.1) is 0 Å². The monoisotopic (exact) mass is 1000 g/mol. The summed E-state index contributed by atoms with van der Waals surface area (Å²) in [7, 11) is -1.07. The number of carbonyl (C=O) groups excluding carboxylic acids is 2. The highest BCUT2D eigenvalue weighted by atomic mass is 79.9. The van der Waals surface area contributed by atoms with E-state index in [0.29, 0.717) is 46.7 Å². The van der Waals surface area contributed by atoms with Crippen molar-refractivity contribution in [2.24, 2.45) is 0 Å². The van der Waals surface area contributed by atoms with E-state index in [2.05, 4.69) is 77.5 Å². The maximum Gasteiger partial charge on any atom is 0.234 e. The van der Waals surface area contributed by atoms with Gasteiger partial charge in [0.2, 0.25) is 17.8 Å². The molecule has 0 aliphatic carbocycles. The third kappa shape index (κ3) is 11.1. The van der Waals surface area contributed by atoms with Crippen molar-refractivity contribution >= 4 is 79.9 Å². The molecule has 3 N–H and O–H groups in total. The molecular weight excluding hydrogens is 943 g/mol. The molecule has 5 aromatic rings. The number of ether oxygens (including phenoxy) is 2. The number of fused-ring (bicyclic) bond motifs is 1. The zero-order chi connectivity index (χ0) is 47.4. The minimum absolute atomic E-state index is 0.0407. The maximum atomic E-state index is 14.9. The van der Waals surface area contributed by atoms with Gasteiger partial charge in [-0.1, -0.05) is 19.9 Å². The molecule has 0 spiro atoms. The first kappa shape index (κ1) is 48.2. The lowest BCUT2D eigenvalue weighted by atomic mass is 9.89. The van der Waals surface area contributed by atoms with Gasteiger partial charge < -0.3 is 34.5 Å². The SMILES string of the molecule is CCc1ccc2c(P(C)(C)=O)c(Nc3nc(Nc4cc(CC)c(N5CCC(N6CCN(CCCOc7cc(F)c(C8CCC(=O)NC8=O)c(F)c7)CC6)CC5)cc4OC)ncc3Br)ccc2n1. The number of imide groups is 1. The van der Waals surface area contributed by atoms with E-state index in [1.165, 1.54) is 5.56 Å². The van der Waals surface area contributed by atoms with Crippen LogP contribution in [0.3, 0.4) is 0 Å². The Morgan fingerprint density at radius 3 is 2.31 bits per heavy atom. The standard InChI is InChI=1S/C49H59BrF2N9O5P/c1-6-30-25-41(56-49-53-29-36(50)47(58-49)55-40-13-12-39-34(46(40)67(4,5)64)10-9-31(7-2)54-39)43(65-3)28-42(30)61-18-15-32(16-19-61)60-22-20-59(21-23-60)17-8-24-66-33-26-37(51)45(38(52)27-33)35-11-14-44(62)57-48(35)63/h9-10,12-13,25-29,32,35H,6-8,11,14-24H2,1-5H3,(H,57,62,63)(H2,53,55,56,58). The van der Waals surface area contributed by atoms with Gasteiger partial charge in [-0.3, -0.25) is 24.8 Å². The van der Waals surface area contributed by atoms with E-state index in [1.807, 2.05) is 24.3 Å². The van der Waals surface area contributed by atoms with Crippen molar-refractivity contribution in [3.63, 3.8) is 0 Å². The average molecular weight is 1000 g/mol. The van der Waals surface area contributed by atoms with Gasteiger partial charge in [0.25, 0.3) is 0 Å². The van der Waals surface area contributed by atoms with Crippen LogP contribution in [0.2, 0.25) is 0 Å². The van der Waals surface area contributed by atoms with Crippen LogP contribution in [0.5, 0.6) is 11.5 Å². The molecule has 14 nitrogen and oxygen atoms in total. The van der Waals surface area contributed by atoms with E-state index in [-0.39, 0.29) is 24.2 Å². The summed E-state index contributed by atoms with van der Waals surface area (Å²) in [4.78, 5) is 45.4. The summed E-state index contributed by atoms with van der Waals surface area (Å²) in [6.07, 6.45) is 6.26. The van der Waals surface area contributed by atoms with Gasteiger partial charge in [-0.05, 0) is 97.6 Å². The normalized spacial score (nSPS) is 17.7. The Balaban J connectivity index is 0.836. The predicted octanol–water partition coefficient (Wildman–Crippen LogP) is 8.51. The lowest BCUT2D eigenvalue weighted by molar-refractivity contribution is -0.134. The lowest BCUT2D eigenvalue weighted by Gasteiger charge is -2.43. The van der Waals surface area contributed by atoms with Crippen LogP contribution >= 0.6 is 23.1 Å². The van der Waals surface area contributed by atoms with Crippen molar-refractivity contribution in [3.8, 4) is 11.5 Å². The molecule has 3 fully saturated rings. The zero-order valence-corrected chi connectivity index (χ0v) is 41.2. The van der Waals surface area contributed by atoms with Crippen LogP contribution in [0.1, 0.15) is 68.7 Å². The van der Waals surface area contributed by atoms with Crippen LogP contribution in [-0.4, -0.2) is 115 Å². The number of pyridine rings is 1. The number of amides is 2. The Morgan fingerprint density at radius 1 is 0.896 bits per heavy atom. The second-order valence-electron chi connectivity index (χ2n) is 17.8. The van der Waals surface area contributed by atoms with Gasteiger partial charge in [0.15, 0.2) is 0 Å². The Morgan fingerprint density at radius 2 is 1.64 bits per heavy atom. The van der Waals surface area contributed by atoms with Gasteiger partial charge in [-0.2, -0.15) is 4.98 Å². The molecule has 1 unspecified atom stereocenters. The molecule has 3 saturated heterocycles. The number of aryl methyl sites for hydroxylation is 2. The predicted molar refractivity (Wildman–Crippen MR) is 264 cm³/mol. The van der Waals surface area contributed by atoms with E-state index < -0.39 is 36.5 Å². The van der Waals surface area contributed by atoms with Crippen molar-refractivity contribution in [1.29, 1.82) is 0 Å². The van der Waals surface area contributed by atoms with Crippen molar-refractivity contribution in [2.45, 2.75) is 70.8 Å². The molecule has 8 rings (SSSR count). The van der Waals surface area contributed by atoms with Crippen molar-refractivity contribution in [2.75, 3.05) is 88.4 Å². The number of benzene rings is 3. The zero-order valence-electron chi connectivity index (χ0n) is 38.8. The quantitative estimate of drug-likeness (QED) is 0.0492. The van der Waals surface area contributed by atoms with Gasteiger partial charge in [0.05, 0.1) is 41.0 Å². The summed E-state index contributed by atoms with van der Waals surface area (Å²) < 4.78 is 55.9. The number of nitrogens with zero attached hydrogens (tertiary/aromatic N) is 6. The van der Waals surface area contributed by atoms with E-state index in [0.717, 1.165) is 117 Å². The molecule has 67 heavy (non-hydrogen) atoms. The third-order valence-electron chi connectivity index (χ3n) is 13.1. The fraction of sp³-hybridized carbons (Fsp3) is 0.449. The van der Waals surface area contributed by atoms with Gasteiger partial charge in [0, 0.05) is 110 Å². The van der Waals surface area contributed by atoms with Crippen molar-refractivity contribution < 1.29 is 32.4 Å². The first-order chi connectivity index (χ1) is 32.2. The molecule has 356 valence electrons. The number of methoxy groups -OCH3 is 1. The molecular formula is C49H59BrF2N9O5P. The molecule has 2 amide bonds. The number of halogens is 3. The molecule has 3 aromatic carbocycles. The molecule has 0 saturated carbocycles. The topological polar surface area (TPSA) is 154 Å². The molecule has 1 atom stereocenters. The number of anilines is 5. The smallest absolute Gasteiger partial charge is 0.234 e. The van der Waals surface area contributed by atoms with E-state index in [4.69, 9.17) is 19.4 Å². The summed E-state index contributed by atoms with van der Waals surface area (Å²) in [5.74, 6) is -2.17. The first-order valence-corrected chi connectivity index (χ1v) is 26.5. The van der Waals surface area contributed by atoms with Crippen LogP contribution in [0, 0.1) is 11.6 Å². The Kier molecular flexibility index (Phi) is 15.1. The summed E-state index contributed by atoms with van der Waals surface area (Å²) in [5.41, 5.74) is 5.29. The Labute approximate surface area is 399 Å². The highest BCUT2D eigenvalue weighted by Gasteiger charge is 2.33. The lowest BCUT2D eigenvalue weighted by Crippen LogP contribution is -2.53. The summed E-state index contributed by atoms with van der Waals surface area (Å²) in [5, 5.41) is 10.6. The molecule has 2 aromatic heterocycles. The molecule has 3 aliphatic rings. The minimum Gasteiger partial charge on any atom is -0.494 e. The van der Waals surface area contributed by atoms with Gasteiger partial charge in [-0.25, -0.2) is 13.8 Å². The second-order valence-corrected chi connectivity index (χ2v) is 21.8. The average Bonchev–Trinajstić information content (AvgIpc) is 3.31. The van der Waals surface area contributed by atoms with E-state index in [1.54, 1.807) is 26.6 Å². The van der Waals surface area contributed by atoms with Crippen LogP contribution in [0.25, 0.3) is 10.9 Å². The van der Waals surface area contributed by atoms with Crippen LogP contribution in [0.15, 0.2) is 59.2 Å². The number of aromatic nitrogens is 3. The summed E-state index contributed by atoms with van der Waals surface area (Å²) >= 11 is 3.62. The number of rotatable bonds is 16. The minimum atomic E-state index is -2.75. The molecule has 0 radical (unpaired) electrons. The third-order valence-corrected chi connectivity index (χ3v) is 15.2. The number of hydrogen-bond acceptors (Lipinski definition) is 13. The number of nitrogens with one attached hydrogen (secondary N) is 3. The Hall–Kier alpha value is -5.22. The largest absolute Gasteiger partial charge is 0.494 e. The highest BCUT2D eigenvalue weighted by molar-refractivity contribution is 9.10. The number of hydrogen-bond donors (Lipinski definition) is 3.